The Labute approximate surface area is 126 Å². The normalized spacial score (nSPS) is 22.6. The Hall–Kier alpha value is -1.55. The van der Waals surface area contributed by atoms with Crippen molar-refractivity contribution in [3.63, 3.8) is 0 Å². The number of carbonyl (C=O) groups excluding carboxylic acids is 1. The predicted octanol–water partition coefficient (Wildman–Crippen LogP) is 2.03. The number of carbonyl (C=O) groups is 1. The molecule has 0 aliphatic carbocycles. The second kappa shape index (κ2) is 6.06. The van der Waals surface area contributed by atoms with Crippen LogP contribution in [0.3, 0.4) is 0 Å². The Balaban J connectivity index is 1.68. The van der Waals surface area contributed by atoms with E-state index in [9.17, 15) is 4.79 Å². The number of nitrogens with zero attached hydrogens (tertiary/aromatic N) is 2. The number of likely N-dealkylation sites (N-methyl/N-ethyl adjacent to an activating group) is 1. The summed E-state index contributed by atoms with van der Waals surface area (Å²) in [5.74, 6) is 1.56. The monoisotopic (exact) mass is 288 g/mol. The van der Waals surface area contributed by atoms with Crippen LogP contribution >= 0.6 is 0 Å². The van der Waals surface area contributed by atoms with Crippen LogP contribution in [0.2, 0.25) is 0 Å². The van der Waals surface area contributed by atoms with Crippen molar-refractivity contribution in [2.24, 2.45) is 0 Å². The Morgan fingerprint density at radius 2 is 2.05 bits per heavy atom. The van der Waals surface area contributed by atoms with Gasteiger partial charge in [-0.05, 0) is 37.9 Å². The average molecular weight is 288 g/mol. The first-order valence-electron chi connectivity index (χ1n) is 7.83. The van der Waals surface area contributed by atoms with E-state index in [0.29, 0.717) is 18.2 Å². The molecule has 1 aromatic carbocycles. The number of hydrogen-bond donors (Lipinski definition) is 0. The lowest BCUT2D eigenvalue weighted by atomic mass is 9.89. The molecular weight excluding hydrogens is 264 g/mol. The summed E-state index contributed by atoms with van der Waals surface area (Å²) in [4.78, 5) is 16.8. The molecule has 1 atom stereocenters. The maximum absolute atomic E-state index is 12.5. The quantitative estimate of drug-likeness (QED) is 0.835. The molecule has 0 unspecified atom stereocenters. The van der Waals surface area contributed by atoms with E-state index in [4.69, 9.17) is 4.74 Å². The number of ether oxygens (including phenoxy) is 1. The Morgan fingerprint density at radius 3 is 2.81 bits per heavy atom. The third kappa shape index (κ3) is 3.21. The number of hydrogen-bond acceptors (Lipinski definition) is 3. The van der Waals surface area contributed by atoms with E-state index in [2.05, 4.69) is 31.0 Å². The summed E-state index contributed by atoms with van der Waals surface area (Å²) in [6.45, 7) is 6.49. The number of piperazine rings is 1. The highest BCUT2D eigenvalue weighted by molar-refractivity contribution is 5.77. The van der Waals surface area contributed by atoms with Gasteiger partial charge in [-0.3, -0.25) is 4.79 Å². The van der Waals surface area contributed by atoms with Gasteiger partial charge in [0.15, 0.2) is 0 Å². The van der Waals surface area contributed by atoms with Crippen LogP contribution in [0.1, 0.15) is 29.9 Å². The lowest BCUT2D eigenvalue weighted by Gasteiger charge is -2.34. The molecule has 1 aromatic rings. The van der Waals surface area contributed by atoms with Crippen molar-refractivity contribution in [1.29, 1.82) is 0 Å². The molecule has 114 valence electrons. The molecule has 21 heavy (non-hydrogen) atoms. The first-order chi connectivity index (χ1) is 10.1. The van der Waals surface area contributed by atoms with E-state index < -0.39 is 0 Å². The molecule has 4 heteroatoms. The van der Waals surface area contributed by atoms with Crippen LogP contribution in [0.5, 0.6) is 5.75 Å². The highest BCUT2D eigenvalue weighted by Crippen LogP contribution is 2.36. The predicted molar refractivity (Wildman–Crippen MR) is 82.7 cm³/mol. The van der Waals surface area contributed by atoms with E-state index in [-0.39, 0.29) is 0 Å². The van der Waals surface area contributed by atoms with Crippen LogP contribution < -0.4 is 4.74 Å². The molecule has 0 N–H and O–H groups in total. The van der Waals surface area contributed by atoms with E-state index >= 15 is 0 Å². The molecule has 1 saturated heterocycles. The molecular formula is C17H24N2O2. The number of rotatable bonds is 2. The minimum atomic E-state index is 0.294. The van der Waals surface area contributed by atoms with E-state index in [1.807, 2.05) is 11.0 Å². The summed E-state index contributed by atoms with van der Waals surface area (Å²) >= 11 is 0. The lowest BCUT2D eigenvalue weighted by Crippen LogP contribution is -2.47. The maximum atomic E-state index is 12.5. The summed E-state index contributed by atoms with van der Waals surface area (Å²) in [5.41, 5.74) is 2.44. The molecule has 1 amide bonds. The van der Waals surface area contributed by atoms with Crippen LogP contribution in [-0.2, 0) is 4.79 Å². The van der Waals surface area contributed by atoms with Gasteiger partial charge >= 0.3 is 0 Å². The van der Waals surface area contributed by atoms with Gasteiger partial charge in [0.05, 0.1) is 6.61 Å². The highest BCUT2D eigenvalue weighted by atomic mass is 16.5. The minimum Gasteiger partial charge on any atom is -0.493 e. The smallest absolute Gasteiger partial charge is 0.223 e. The Bertz CT molecular complexity index is 522. The van der Waals surface area contributed by atoms with Crippen molar-refractivity contribution in [3.05, 3.63) is 29.3 Å². The molecule has 2 heterocycles. The summed E-state index contributed by atoms with van der Waals surface area (Å²) in [5, 5.41) is 0. The van der Waals surface area contributed by atoms with E-state index in [0.717, 1.165) is 45.0 Å². The average Bonchev–Trinajstić information content (AvgIpc) is 2.48. The summed E-state index contributed by atoms with van der Waals surface area (Å²) < 4.78 is 5.72. The molecule has 0 saturated carbocycles. The zero-order valence-corrected chi connectivity index (χ0v) is 13.0. The van der Waals surface area contributed by atoms with E-state index in [1.54, 1.807) is 0 Å². The first-order valence-corrected chi connectivity index (χ1v) is 7.83. The molecule has 1 fully saturated rings. The molecule has 0 spiro atoms. The van der Waals surface area contributed by atoms with Gasteiger partial charge in [-0.15, -0.1) is 0 Å². The lowest BCUT2D eigenvalue weighted by molar-refractivity contribution is -0.133. The van der Waals surface area contributed by atoms with E-state index in [1.165, 1.54) is 11.1 Å². The van der Waals surface area contributed by atoms with Crippen molar-refractivity contribution in [1.82, 2.24) is 9.80 Å². The SMILES string of the molecule is Cc1ccc2c(c1)[C@@H](CC(=O)N1CCN(C)CC1)CCO2. The van der Waals surface area contributed by atoms with Crippen molar-refractivity contribution in [2.45, 2.75) is 25.7 Å². The van der Waals surface area contributed by atoms with Gasteiger partial charge in [0.1, 0.15) is 5.75 Å². The third-order valence-corrected chi connectivity index (χ3v) is 4.61. The van der Waals surface area contributed by atoms with Gasteiger partial charge < -0.3 is 14.5 Å². The minimum absolute atomic E-state index is 0.294. The molecule has 4 nitrogen and oxygen atoms in total. The van der Waals surface area contributed by atoms with Crippen LogP contribution in [0, 0.1) is 6.92 Å². The second-order valence-electron chi connectivity index (χ2n) is 6.26. The van der Waals surface area contributed by atoms with Gasteiger partial charge in [-0.1, -0.05) is 17.7 Å². The topological polar surface area (TPSA) is 32.8 Å². The van der Waals surface area contributed by atoms with Gasteiger partial charge in [0.25, 0.3) is 0 Å². The number of aryl methyl sites for hydroxylation is 1. The fourth-order valence-electron chi connectivity index (χ4n) is 3.19. The Kier molecular flexibility index (Phi) is 4.15. The van der Waals surface area contributed by atoms with Crippen molar-refractivity contribution >= 4 is 5.91 Å². The van der Waals surface area contributed by atoms with Gasteiger partial charge in [0, 0.05) is 32.6 Å². The van der Waals surface area contributed by atoms with Crippen molar-refractivity contribution in [2.75, 3.05) is 39.8 Å². The fourth-order valence-corrected chi connectivity index (χ4v) is 3.19. The second-order valence-corrected chi connectivity index (χ2v) is 6.26. The molecule has 2 aliphatic heterocycles. The highest BCUT2D eigenvalue weighted by Gasteiger charge is 2.27. The van der Waals surface area contributed by atoms with Crippen molar-refractivity contribution in [3.8, 4) is 5.75 Å². The molecule has 2 aliphatic rings. The number of amides is 1. The molecule has 3 rings (SSSR count). The fraction of sp³-hybridized carbons (Fsp3) is 0.588. The van der Waals surface area contributed by atoms with Crippen LogP contribution in [0.4, 0.5) is 0 Å². The molecule has 0 aromatic heterocycles. The zero-order valence-electron chi connectivity index (χ0n) is 13.0. The summed E-state index contributed by atoms with van der Waals surface area (Å²) in [6.07, 6.45) is 1.56. The largest absolute Gasteiger partial charge is 0.493 e. The van der Waals surface area contributed by atoms with Crippen LogP contribution in [-0.4, -0.2) is 55.5 Å². The maximum Gasteiger partial charge on any atom is 0.223 e. The van der Waals surface area contributed by atoms with Crippen molar-refractivity contribution < 1.29 is 9.53 Å². The molecule has 0 bridgehead atoms. The Morgan fingerprint density at radius 1 is 1.29 bits per heavy atom. The number of benzene rings is 1. The first kappa shape index (κ1) is 14.4. The van der Waals surface area contributed by atoms with Gasteiger partial charge in [-0.2, -0.15) is 0 Å². The third-order valence-electron chi connectivity index (χ3n) is 4.61. The number of fused-ring (bicyclic) bond motifs is 1. The molecule has 0 radical (unpaired) electrons. The standard InChI is InChI=1S/C17H24N2O2/c1-13-3-4-16-15(11-13)14(5-10-21-16)12-17(20)19-8-6-18(2)7-9-19/h3-4,11,14H,5-10,12H2,1-2H3/t14-/m1/s1. The van der Waals surface area contributed by atoms with Crippen LogP contribution in [0.15, 0.2) is 18.2 Å². The summed E-state index contributed by atoms with van der Waals surface area (Å²) in [7, 11) is 2.11. The van der Waals surface area contributed by atoms with Gasteiger partial charge in [-0.25, -0.2) is 0 Å². The zero-order chi connectivity index (χ0) is 14.8. The summed E-state index contributed by atoms with van der Waals surface area (Å²) in [6, 6.07) is 6.29. The van der Waals surface area contributed by atoms with Crippen LogP contribution in [0.25, 0.3) is 0 Å². The van der Waals surface area contributed by atoms with Gasteiger partial charge in [0.2, 0.25) is 5.91 Å².